The van der Waals surface area contributed by atoms with E-state index in [-0.39, 0.29) is 0 Å². The summed E-state index contributed by atoms with van der Waals surface area (Å²) in [5, 5.41) is 6.27. The molecular formula is C9H16N4. The molecular weight excluding hydrogens is 164 g/mol. The third-order valence-electron chi connectivity index (χ3n) is 1.77. The number of nitrogens with one attached hydrogen (secondary N) is 2. The Kier molecular flexibility index (Phi) is 4.18. The summed E-state index contributed by atoms with van der Waals surface area (Å²) in [4.78, 5) is 8.23. The van der Waals surface area contributed by atoms with Gasteiger partial charge in [-0.1, -0.05) is 6.92 Å². The van der Waals surface area contributed by atoms with Crippen LogP contribution in [0.4, 0.5) is 5.82 Å². The molecule has 1 aromatic heterocycles. The zero-order chi connectivity index (χ0) is 9.52. The molecule has 0 radical (unpaired) electrons. The quantitative estimate of drug-likeness (QED) is 0.654. The van der Waals surface area contributed by atoms with Crippen LogP contribution in [0.1, 0.15) is 12.6 Å². The SMILES string of the molecule is CCc1cc(NCCNC)ncn1. The fourth-order valence-corrected chi connectivity index (χ4v) is 1.00. The lowest BCUT2D eigenvalue weighted by atomic mass is 10.3. The maximum absolute atomic E-state index is 4.12. The Labute approximate surface area is 78.8 Å². The average Bonchev–Trinajstić information content (AvgIpc) is 2.19. The molecule has 0 aromatic carbocycles. The molecule has 0 saturated carbocycles. The first kappa shape index (κ1) is 9.92. The lowest BCUT2D eigenvalue weighted by molar-refractivity contribution is 0.820. The second-order valence-corrected chi connectivity index (χ2v) is 2.78. The Morgan fingerprint density at radius 1 is 1.31 bits per heavy atom. The number of aromatic nitrogens is 2. The molecule has 0 aliphatic carbocycles. The molecule has 0 fully saturated rings. The van der Waals surface area contributed by atoms with Crippen LogP contribution in [0.5, 0.6) is 0 Å². The summed E-state index contributed by atoms with van der Waals surface area (Å²) in [6.45, 7) is 3.90. The molecule has 1 aromatic rings. The van der Waals surface area contributed by atoms with Gasteiger partial charge in [0.25, 0.3) is 0 Å². The summed E-state index contributed by atoms with van der Waals surface area (Å²) in [6.07, 6.45) is 2.55. The zero-order valence-electron chi connectivity index (χ0n) is 8.17. The smallest absolute Gasteiger partial charge is 0.129 e. The topological polar surface area (TPSA) is 49.8 Å². The van der Waals surface area contributed by atoms with E-state index in [1.807, 2.05) is 13.1 Å². The van der Waals surface area contributed by atoms with Gasteiger partial charge < -0.3 is 10.6 Å². The average molecular weight is 180 g/mol. The van der Waals surface area contributed by atoms with Crippen molar-refractivity contribution in [2.45, 2.75) is 13.3 Å². The molecule has 0 aliphatic heterocycles. The Morgan fingerprint density at radius 3 is 2.85 bits per heavy atom. The fraction of sp³-hybridized carbons (Fsp3) is 0.556. The van der Waals surface area contributed by atoms with Crippen molar-refractivity contribution >= 4 is 5.82 Å². The molecule has 0 unspecified atom stereocenters. The van der Waals surface area contributed by atoms with E-state index in [0.29, 0.717) is 0 Å². The van der Waals surface area contributed by atoms with E-state index in [1.165, 1.54) is 0 Å². The molecule has 0 amide bonds. The van der Waals surface area contributed by atoms with Gasteiger partial charge in [-0.05, 0) is 13.5 Å². The van der Waals surface area contributed by atoms with Crippen molar-refractivity contribution in [1.29, 1.82) is 0 Å². The number of hydrogen-bond acceptors (Lipinski definition) is 4. The van der Waals surface area contributed by atoms with Gasteiger partial charge in [0.15, 0.2) is 0 Å². The van der Waals surface area contributed by atoms with Crippen molar-refractivity contribution < 1.29 is 0 Å². The van der Waals surface area contributed by atoms with E-state index in [1.54, 1.807) is 6.33 Å². The first-order valence-electron chi connectivity index (χ1n) is 4.56. The summed E-state index contributed by atoms with van der Waals surface area (Å²) in [5.74, 6) is 0.905. The largest absolute Gasteiger partial charge is 0.369 e. The van der Waals surface area contributed by atoms with E-state index in [9.17, 15) is 0 Å². The molecule has 0 spiro atoms. The van der Waals surface area contributed by atoms with Gasteiger partial charge in [-0.3, -0.25) is 0 Å². The second kappa shape index (κ2) is 5.48. The number of rotatable bonds is 5. The molecule has 4 nitrogen and oxygen atoms in total. The van der Waals surface area contributed by atoms with Crippen molar-refractivity contribution in [3.05, 3.63) is 18.1 Å². The number of aryl methyl sites for hydroxylation is 1. The third kappa shape index (κ3) is 3.38. The molecule has 1 heterocycles. The predicted molar refractivity (Wildman–Crippen MR) is 53.8 cm³/mol. The summed E-state index contributed by atoms with van der Waals surface area (Å²) >= 11 is 0. The summed E-state index contributed by atoms with van der Waals surface area (Å²) in [6, 6.07) is 1.98. The van der Waals surface area contributed by atoms with Gasteiger partial charge in [-0.15, -0.1) is 0 Å². The van der Waals surface area contributed by atoms with Crippen molar-refractivity contribution in [2.24, 2.45) is 0 Å². The van der Waals surface area contributed by atoms with Gasteiger partial charge in [0.05, 0.1) is 0 Å². The number of likely N-dealkylation sites (N-methyl/N-ethyl adjacent to an activating group) is 1. The van der Waals surface area contributed by atoms with Crippen molar-refractivity contribution in [3.8, 4) is 0 Å². The summed E-state index contributed by atoms with van der Waals surface area (Å²) in [5.41, 5.74) is 1.07. The normalized spacial score (nSPS) is 10.0. The van der Waals surface area contributed by atoms with Crippen molar-refractivity contribution in [2.75, 3.05) is 25.5 Å². The van der Waals surface area contributed by atoms with E-state index in [2.05, 4.69) is 27.5 Å². The monoisotopic (exact) mass is 180 g/mol. The van der Waals surface area contributed by atoms with Crippen LogP contribution in [0, 0.1) is 0 Å². The van der Waals surface area contributed by atoms with Gasteiger partial charge in [0.2, 0.25) is 0 Å². The van der Waals surface area contributed by atoms with Gasteiger partial charge in [-0.25, -0.2) is 9.97 Å². The highest BCUT2D eigenvalue weighted by molar-refractivity contribution is 5.34. The second-order valence-electron chi connectivity index (χ2n) is 2.78. The Morgan fingerprint density at radius 2 is 2.15 bits per heavy atom. The lowest BCUT2D eigenvalue weighted by Gasteiger charge is -2.05. The third-order valence-corrected chi connectivity index (χ3v) is 1.77. The number of nitrogens with zero attached hydrogens (tertiary/aromatic N) is 2. The molecule has 0 atom stereocenters. The molecule has 4 heteroatoms. The molecule has 0 aliphatic rings. The molecule has 1 rings (SSSR count). The highest BCUT2D eigenvalue weighted by atomic mass is 15.0. The molecule has 2 N–H and O–H groups in total. The predicted octanol–water partition coefficient (Wildman–Crippen LogP) is 0.670. The van der Waals surface area contributed by atoms with Crippen LogP contribution in [0.2, 0.25) is 0 Å². The van der Waals surface area contributed by atoms with Crippen LogP contribution < -0.4 is 10.6 Å². The number of hydrogen-bond donors (Lipinski definition) is 2. The zero-order valence-corrected chi connectivity index (χ0v) is 8.17. The highest BCUT2D eigenvalue weighted by Crippen LogP contribution is 2.03. The molecule has 72 valence electrons. The maximum Gasteiger partial charge on any atom is 0.129 e. The minimum Gasteiger partial charge on any atom is -0.369 e. The van der Waals surface area contributed by atoms with Crippen LogP contribution in [-0.4, -0.2) is 30.1 Å². The van der Waals surface area contributed by atoms with E-state index < -0.39 is 0 Å². The first-order valence-corrected chi connectivity index (χ1v) is 4.56. The van der Waals surface area contributed by atoms with Crippen LogP contribution in [0.15, 0.2) is 12.4 Å². The van der Waals surface area contributed by atoms with Gasteiger partial charge >= 0.3 is 0 Å². The summed E-state index contributed by atoms with van der Waals surface area (Å²) in [7, 11) is 1.93. The van der Waals surface area contributed by atoms with Crippen LogP contribution >= 0.6 is 0 Å². The Hall–Kier alpha value is -1.16. The van der Waals surface area contributed by atoms with E-state index in [0.717, 1.165) is 31.0 Å². The van der Waals surface area contributed by atoms with Crippen LogP contribution in [0.3, 0.4) is 0 Å². The van der Waals surface area contributed by atoms with Crippen molar-refractivity contribution in [3.63, 3.8) is 0 Å². The van der Waals surface area contributed by atoms with Gasteiger partial charge in [-0.2, -0.15) is 0 Å². The molecule has 0 bridgehead atoms. The Balaban J connectivity index is 2.46. The Bertz CT molecular complexity index is 249. The lowest BCUT2D eigenvalue weighted by Crippen LogP contribution is -2.18. The number of anilines is 1. The maximum atomic E-state index is 4.12. The molecule has 0 saturated heterocycles. The molecule has 13 heavy (non-hydrogen) atoms. The minimum atomic E-state index is 0.886. The van der Waals surface area contributed by atoms with Crippen molar-refractivity contribution in [1.82, 2.24) is 15.3 Å². The highest BCUT2D eigenvalue weighted by Gasteiger charge is 1.94. The van der Waals surface area contributed by atoms with Gasteiger partial charge in [0.1, 0.15) is 12.1 Å². The first-order chi connectivity index (χ1) is 6.36. The van der Waals surface area contributed by atoms with Gasteiger partial charge in [0, 0.05) is 24.8 Å². The van der Waals surface area contributed by atoms with Crippen LogP contribution in [-0.2, 0) is 6.42 Å². The van der Waals surface area contributed by atoms with Crippen LogP contribution in [0.25, 0.3) is 0 Å². The minimum absolute atomic E-state index is 0.886. The van der Waals surface area contributed by atoms with E-state index >= 15 is 0 Å². The van der Waals surface area contributed by atoms with E-state index in [4.69, 9.17) is 0 Å². The fourth-order valence-electron chi connectivity index (χ4n) is 1.00. The summed E-state index contributed by atoms with van der Waals surface area (Å²) < 4.78 is 0. The standard InChI is InChI=1S/C9H16N4/c1-3-8-6-9(13-7-12-8)11-5-4-10-2/h6-7,10H,3-5H2,1-2H3,(H,11,12,13).